The Morgan fingerprint density at radius 2 is 1.65 bits per heavy atom. The molecule has 0 aliphatic rings. The number of hydrogen-bond acceptors (Lipinski definition) is 3. The molecule has 0 aliphatic carbocycles. The highest BCUT2D eigenvalue weighted by atomic mass is 35.5. The first kappa shape index (κ1) is 22.0. The lowest BCUT2D eigenvalue weighted by molar-refractivity contribution is -0.124. The molecular formula is C21H29ClN2O2. The molecule has 0 saturated carbocycles. The van der Waals surface area contributed by atoms with Crippen LogP contribution < -0.4 is 15.4 Å². The number of rotatable bonds is 8. The van der Waals surface area contributed by atoms with E-state index in [1.54, 1.807) is 0 Å². The van der Waals surface area contributed by atoms with Crippen molar-refractivity contribution in [3.63, 3.8) is 0 Å². The van der Waals surface area contributed by atoms with E-state index in [-0.39, 0.29) is 30.5 Å². The number of halogens is 1. The van der Waals surface area contributed by atoms with Gasteiger partial charge in [0.2, 0.25) is 0 Å². The van der Waals surface area contributed by atoms with E-state index in [1.165, 1.54) is 5.56 Å². The van der Waals surface area contributed by atoms with Gasteiger partial charge in [-0.05, 0) is 45.4 Å². The van der Waals surface area contributed by atoms with Gasteiger partial charge in [-0.1, -0.05) is 48.5 Å². The molecule has 0 fully saturated rings. The molecule has 2 rings (SSSR count). The number of amides is 1. The van der Waals surface area contributed by atoms with Gasteiger partial charge in [-0.15, -0.1) is 12.4 Å². The minimum absolute atomic E-state index is 0. The molecule has 0 heterocycles. The molecule has 0 radical (unpaired) electrons. The summed E-state index contributed by atoms with van der Waals surface area (Å²) < 4.78 is 5.71. The Balaban J connectivity index is 0.00000338. The zero-order valence-corrected chi connectivity index (χ0v) is 16.6. The maximum absolute atomic E-state index is 11.9. The zero-order valence-electron chi connectivity index (χ0n) is 15.7. The van der Waals surface area contributed by atoms with Crippen molar-refractivity contribution in [1.82, 2.24) is 10.6 Å². The molecule has 0 aromatic heterocycles. The summed E-state index contributed by atoms with van der Waals surface area (Å²) in [4.78, 5) is 11.9. The topological polar surface area (TPSA) is 50.4 Å². The first-order valence-electron chi connectivity index (χ1n) is 8.70. The molecule has 0 unspecified atom stereocenters. The third-order valence-electron chi connectivity index (χ3n) is 3.59. The SMILES string of the molecule is CC(C)(C)NC(=O)COc1ccccc1CNCCc1ccccc1.Cl. The Morgan fingerprint density at radius 1 is 1.00 bits per heavy atom. The summed E-state index contributed by atoms with van der Waals surface area (Å²) in [5, 5.41) is 6.34. The molecule has 0 saturated heterocycles. The van der Waals surface area contributed by atoms with Crippen LogP contribution in [0.5, 0.6) is 5.75 Å². The van der Waals surface area contributed by atoms with E-state index in [0.717, 1.165) is 24.3 Å². The Morgan fingerprint density at radius 3 is 2.35 bits per heavy atom. The molecule has 0 spiro atoms. The lowest BCUT2D eigenvalue weighted by Crippen LogP contribution is -2.43. The van der Waals surface area contributed by atoms with Crippen molar-refractivity contribution in [1.29, 1.82) is 0 Å². The first-order valence-corrected chi connectivity index (χ1v) is 8.70. The minimum atomic E-state index is -0.251. The summed E-state index contributed by atoms with van der Waals surface area (Å²) in [5.41, 5.74) is 2.12. The maximum atomic E-state index is 11.9. The second-order valence-electron chi connectivity index (χ2n) is 7.11. The van der Waals surface area contributed by atoms with Crippen LogP contribution in [-0.2, 0) is 17.8 Å². The van der Waals surface area contributed by atoms with Crippen molar-refractivity contribution in [2.75, 3.05) is 13.2 Å². The van der Waals surface area contributed by atoms with E-state index in [4.69, 9.17) is 4.74 Å². The molecule has 4 nitrogen and oxygen atoms in total. The van der Waals surface area contributed by atoms with E-state index in [1.807, 2.05) is 51.1 Å². The molecule has 26 heavy (non-hydrogen) atoms. The van der Waals surface area contributed by atoms with E-state index in [0.29, 0.717) is 6.54 Å². The summed E-state index contributed by atoms with van der Waals surface area (Å²) in [7, 11) is 0. The number of hydrogen-bond donors (Lipinski definition) is 2. The van der Waals surface area contributed by atoms with Crippen LogP contribution in [0.2, 0.25) is 0 Å². The van der Waals surface area contributed by atoms with Crippen LogP contribution in [0.1, 0.15) is 31.9 Å². The maximum Gasteiger partial charge on any atom is 0.258 e. The number of para-hydroxylation sites is 1. The standard InChI is InChI=1S/C21H28N2O2.ClH/c1-21(2,3)23-20(24)16-25-19-12-8-7-11-18(19)15-22-14-13-17-9-5-4-6-10-17;/h4-12,22H,13-16H2,1-3H3,(H,23,24);1H. The molecular weight excluding hydrogens is 348 g/mol. The van der Waals surface area contributed by atoms with Gasteiger partial charge in [0, 0.05) is 17.6 Å². The summed E-state index contributed by atoms with van der Waals surface area (Å²) >= 11 is 0. The molecule has 142 valence electrons. The lowest BCUT2D eigenvalue weighted by atomic mass is 10.1. The van der Waals surface area contributed by atoms with Crippen LogP contribution in [0.4, 0.5) is 0 Å². The highest BCUT2D eigenvalue weighted by Crippen LogP contribution is 2.17. The van der Waals surface area contributed by atoms with Gasteiger partial charge in [0.05, 0.1) is 0 Å². The smallest absolute Gasteiger partial charge is 0.258 e. The van der Waals surface area contributed by atoms with Gasteiger partial charge in [0.15, 0.2) is 6.61 Å². The van der Waals surface area contributed by atoms with Crippen LogP contribution in [0.25, 0.3) is 0 Å². The van der Waals surface area contributed by atoms with Gasteiger partial charge < -0.3 is 15.4 Å². The molecule has 2 aromatic carbocycles. The highest BCUT2D eigenvalue weighted by Gasteiger charge is 2.14. The highest BCUT2D eigenvalue weighted by molar-refractivity contribution is 5.85. The Kier molecular flexibility index (Phi) is 9.17. The molecule has 2 aromatic rings. The monoisotopic (exact) mass is 376 g/mol. The van der Waals surface area contributed by atoms with Gasteiger partial charge in [-0.2, -0.15) is 0 Å². The predicted octanol–water partition coefficient (Wildman–Crippen LogP) is 3.73. The summed E-state index contributed by atoms with van der Waals surface area (Å²) in [5.74, 6) is 0.637. The number of ether oxygens (including phenoxy) is 1. The van der Waals surface area contributed by atoms with E-state index in [9.17, 15) is 4.79 Å². The summed E-state index contributed by atoms with van der Waals surface area (Å²) in [6.45, 7) is 7.49. The van der Waals surface area contributed by atoms with Crippen LogP contribution in [0, 0.1) is 0 Å². The number of carbonyl (C=O) groups excluding carboxylic acids is 1. The Labute approximate surface area is 162 Å². The predicted molar refractivity (Wildman–Crippen MR) is 109 cm³/mol. The largest absolute Gasteiger partial charge is 0.483 e. The van der Waals surface area contributed by atoms with Crippen LogP contribution in [0.15, 0.2) is 54.6 Å². The van der Waals surface area contributed by atoms with Crippen molar-refractivity contribution in [3.8, 4) is 5.75 Å². The Bertz CT molecular complexity index is 669. The van der Waals surface area contributed by atoms with Gasteiger partial charge in [0.1, 0.15) is 5.75 Å². The quantitative estimate of drug-likeness (QED) is 0.690. The van der Waals surface area contributed by atoms with Gasteiger partial charge in [-0.3, -0.25) is 4.79 Å². The van der Waals surface area contributed by atoms with Crippen LogP contribution in [0.3, 0.4) is 0 Å². The van der Waals surface area contributed by atoms with Crippen molar-refractivity contribution >= 4 is 18.3 Å². The third-order valence-corrected chi connectivity index (χ3v) is 3.59. The second-order valence-corrected chi connectivity index (χ2v) is 7.11. The van der Waals surface area contributed by atoms with Crippen molar-refractivity contribution in [2.45, 2.75) is 39.3 Å². The molecule has 0 bridgehead atoms. The summed E-state index contributed by atoms with van der Waals surface area (Å²) in [6.07, 6.45) is 0.984. The van der Waals surface area contributed by atoms with Crippen molar-refractivity contribution in [3.05, 3.63) is 65.7 Å². The van der Waals surface area contributed by atoms with E-state index < -0.39 is 0 Å². The van der Waals surface area contributed by atoms with Crippen molar-refractivity contribution in [2.24, 2.45) is 0 Å². The average molecular weight is 377 g/mol. The number of benzene rings is 2. The normalized spacial score (nSPS) is 10.7. The molecule has 5 heteroatoms. The molecule has 1 amide bonds. The third kappa shape index (κ3) is 8.37. The fraction of sp³-hybridized carbons (Fsp3) is 0.381. The average Bonchev–Trinajstić information content (AvgIpc) is 2.57. The van der Waals surface area contributed by atoms with Gasteiger partial charge >= 0.3 is 0 Å². The fourth-order valence-electron chi connectivity index (χ4n) is 2.49. The van der Waals surface area contributed by atoms with E-state index in [2.05, 4.69) is 34.9 Å². The molecule has 0 atom stereocenters. The number of carbonyl (C=O) groups is 1. The van der Waals surface area contributed by atoms with Crippen molar-refractivity contribution < 1.29 is 9.53 Å². The molecule has 0 aliphatic heterocycles. The zero-order chi connectivity index (χ0) is 18.1. The number of nitrogens with one attached hydrogen (secondary N) is 2. The van der Waals surface area contributed by atoms with Gasteiger partial charge in [0.25, 0.3) is 5.91 Å². The van der Waals surface area contributed by atoms with E-state index >= 15 is 0 Å². The van der Waals surface area contributed by atoms with Crippen LogP contribution in [-0.4, -0.2) is 24.6 Å². The second kappa shape index (κ2) is 10.8. The summed E-state index contributed by atoms with van der Waals surface area (Å²) in [6, 6.07) is 18.2. The van der Waals surface area contributed by atoms with Crippen LogP contribution >= 0.6 is 12.4 Å². The van der Waals surface area contributed by atoms with Gasteiger partial charge in [-0.25, -0.2) is 0 Å². The fourth-order valence-corrected chi connectivity index (χ4v) is 2.49. The molecule has 2 N–H and O–H groups in total. The lowest BCUT2D eigenvalue weighted by Gasteiger charge is -2.20. The first-order chi connectivity index (χ1) is 11.9. The Hall–Kier alpha value is -2.04. The minimum Gasteiger partial charge on any atom is -0.483 e.